The monoisotopic (exact) mass is 282 g/mol. The summed E-state index contributed by atoms with van der Waals surface area (Å²) in [6, 6.07) is 7.47. The molecule has 1 unspecified atom stereocenters. The highest BCUT2D eigenvalue weighted by atomic mass is 35.5. The van der Waals surface area contributed by atoms with Gasteiger partial charge in [0.15, 0.2) is 0 Å². The van der Waals surface area contributed by atoms with Crippen molar-refractivity contribution in [2.24, 2.45) is 0 Å². The van der Waals surface area contributed by atoms with Crippen molar-refractivity contribution in [2.75, 3.05) is 19.7 Å². The Kier molecular flexibility index (Phi) is 6.39. The molecule has 104 valence electrons. The minimum atomic E-state index is -0.0802. The van der Waals surface area contributed by atoms with Crippen molar-refractivity contribution in [3.63, 3.8) is 0 Å². The molecule has 0 saturated carbocycles. The summed E-state index contributed by atoms with van der Waals surface area (Å²) >= 11 is 0. The molecule has 1 aromatic carbocycles. The highest BCUT2D eigenvalue weighted by molar-refractivity contribution is 5.97. The number of amides is 1. The number of carbonyl (C=O) groups is 1. The van der Waals surface area contributed by atoms with Gasteiger partial charge in [-0.3, -0.25) is 4.79 Å². The van der Waals surface area contributed by atoms with Gasteiger partial charge in [-0.25, -0.2) is 0 Å². The molecule has 0 spiro atoms. The van der Waals surface area contributed by atoms with Crippen LogP contribution >= 0.6 is 12.4 Å². The largest absolute Gasteiger partial charge is 0.489 e. The number of halogens is 1. The van der Waals surface area contributed by atoms with Crippen LogP contribution in [0.3, 0.4) is 0 Å². The minimum Gasteiger partial charge on any atom is -0.489 e. The zero-order chi connectivity index (χ0) is 12.8. The highest BCUT2D eigenvalue weighted by Crippen LogP contribution is 2.18. The molecule has 1 atom stereocenters. The quantitative estimate of drug-likeness (QED) is 0.809. The number of nitrogens with one attached hydrogen (secondary N) is 2. The second-order valence-corrected chi connectivity index (χ2v) is 4.26. The van der Waals surface area contributed by atoms with Crippen LogP contribution in [0.2, 0.25) is 0 Å². The standard InChI is InChI=1S/C14H18N2O2.ClH/c1-2-9-18-13-6-4-3-5-12(13)14(17)16-11-7-8-15-10-11;/h2-6,11,15H,1,7-10H2,(H,16,17);1H. The van der Waals surface area contributed by atoms with Crippen molar-refractivity contribution >= 4 is 18.3 Å². The fourth-order valence-electron chi connectivity index (χ4n) is 1.97. The summed E-state index contributed by atoms with van der Waals surface area (Å²) in [7, 11) is 0. The van der Waals surface area contributed by atoms with Gasteiger partial charge < -0.3 is 15.4 Å². The topological polar surface area (TPSA) is 50.4 Å². The van der Waals surface area contributed by atoms with Crippen LogP contribution in [0, 0.1) is 0 Å². The summed E-state index contributed by atoms with van der Waals surface area (Å²) in [6.45, 7) is 5.79. The zero-order valence-electron chi connectivity index (χ0n) is 10.7. The normalized spacial score (nSPS) is 17.4. The molecule has 19 heavy (non-hydrogen) atoms. The Bertz CT molecular complexity index is 431. The first-order valence-corrected chi connectivity index (χ1v) is 6.15. The maximum absolute atomic E-state index is 12.1. The number of rotatable bonds is 5. The second-order valence-electron chi connectivity index (χ2n) is 4.26. The van der Waals surface area contributed by atoms with E-state index < -0.39 is 0 Å². The first-order chi connectivity index (χ1) is 8.81. The van der Waals surface area contributed by atoms with Crippen LogP contribution in [0.25, 0.3) is 0 Å². The lowest BCUT2D eigenvalue weighted by Gasteiger charge is -2.14. The fraction of sp³-hybridized carbons (Fsp3) is 0.357. The molecule has 1 amide bonds. The van der Waals surface area contributed by atoms with E-state index in [9.17, 15) is 4.79 Å². The van der Waals surface area contributed by atoms with Crippen molar-refractivity contribution in [3.8, 4) is 5.75 Å². The molecular formula is C14H19ClN2O2. The number of benzene rings is 1. The molecule has 1 fully saturated rings. The molecule has 2 rings (SSSR count). The zero-order valence-corrected chi connectivity index (χ0v) is 11.5. The Labute approximate surface area is 119 Å². The fourth-order valence-corrected chi connectivity index (χ4v) is 1.97. The predicted octanol–water partition coefficient (Wildman–Crippen LogP) is 1.76. The van der Waals surface area contributed by atoms with Crippen molar-refractivity contribution < 1.29 is 9.53 Å². The van der Waals surface area contributed by atoms with E-state index in [0.29, 0.717) is 17.9 Å². The van der Waals surface area contributed by atoms with E-state index in [2.05, 4.69) is 17.2 Å². The SMILES string of the molecule is C=CCOc1ccccc1C(=O)NC1CCNC1.Cl. The van der Waals surface area contributed by atoms with E-state index in [1.807, 2.05) is 12.1 Å². The van der Waals surface area contributed by atoms with Crippen LogP contribution in [0.4, 0.5) is 0 Å². The first-order valence-electron chi connectivity index (χ1n) is 6.15. The van der Waals surface area contributed by atoms with Gasteiger partial charge in [-0.15, -0.1) is 12.4 Å². The lowest BCUT2D eigenvalue weighted by molar-refractivity contribution is 0.0936. The molecule has 1 saturated heterocycles. The molecule has 4 nitrogen and oxygen atoms in total. The summed E-state index contributed by atoms with van der Waals surface area (Å²) in [4.78, 5) is 12.1. The van der Waals surface area contributed by atoms with Gasteiger partial charge in [0.05, 0.1) is 5.56 Å². The van der Waals surface area contributed by atoms with Gasteiger partial charge in [0.25, 0.3) is 5.91 Å². The van der Waals surface area contributed by atoms with Crippen LogP contribution in [-0.2, 0) is 0 Å². The molecule has 5 heteroatoms. The Balaban J connectivity index is 0.00000180. The van der Waals surface area contributed by atoms with Crippen molar-refractivity contribution in [3.05, 3.63) is 42.5 Å². The van der Waals surface area contributed by atoms with Crippen LogP contribution in [0.15, 0.2) is 36.9 Å². The summed E-state index contributed by atoms with van der Waals surface area (Å²) in [5, 5.41) is 6.22. The molecule has 2 N–H and O–H groups in total. The minimum absolute atomic E-state index is 0. The van der Waals surface area contributed by atoms with E-state index in [1.54, 1.807) is 18.2 Å². The van der Waals surface area contributed by atoms with Crippen LogP contribution < -0.4 is 15.4 Å². The molecule has 1 aromatic rings. The molecule has 1 aliphatic heterocycles. The molecule has 1 heterocycles. The predicted molar refractivity (Wildman–Crippen MR) is 78.1 cm³/mol. The Morgan fingerprint density at radius 1 is 1.53 bits per heavy atom. The van der Waals surface area contributed by atoms with Crippen molar-refractivity contribution in [1.82, 2.24) is 10.6 Å². The number of carbonyl (C=O) groups excluding carboxylic acids is 1. The number of ether oxygens (including phenoxy) is 1. The summed E-state index contributed by atoms with van der Waals surface area (Å²) < 4.78 is 5.48. The third-order valence-corrected chi connectivity index (χ3v) is 2.88. The molecular weight excluding hydrogens is 264 g/mol. The second kappa shape index (κ2) is 7.81. The smallest absolute Gasteiger partial charge is 0.255 e. The van der Waals surface area contributed by atoms with Crippen molar-refractivity contribution in [1.29, 1.82) is 0 Å². The van der Waals surface area contributed by atoms with Gasteiger partial charge >= 0.3 is 0 Å². The Morgan fingerprint density at radius 3 is 3.00 bits per heavy atom. The Morgan fingerprint density at radius 2 is 2.32 bits per heavy atom. The van der Waals surface area contributed by atoms with E-state index in [0.717, 1.165) is 19.5 Å². The van der Waals surface area contributed by atoms with Crippen LogP contribution in [0.1, 0.15) is 16.8 Å². The highest BCUT2D eigenvalue weighted by Gasteiger charge is 2.19. The van der Waals surface area contributed by atoms with Gasteiger partial charge in [-0.05, 0) is 25.1 Å². The lowest BCUT2D eigenvalue weighted by Crippen LogP contribution is -2.36. The third-order valence-electron chi connectivity index (χ3n) is 2.88. The van der Waals surface area contributed by atoms with Gasteiger partial charge in [0.1, 0.15) is 12.4 Å². The maximum Gasteiger partial charge on any atom is 0.255 e. The van der Waals surface area contributed by atoms with Gasteiger partial charge in [-0.2, -0.15) is 0 Å². The average molecular weight is 283 g/mol. The number of para-hydroxylation sites is 1. The maximum atomic E-state index is 12.1. The Hall–Kier alpha value is -1.52. The van der Waals surface area contributed by atoms with Gasteiger partial charge in [0.2, 0.25) is 0 Å². The van der Waals surface area contributed by atoms with Crippen LogP contribution in [0.5, 0.6) is 5.75 Å². The molecule has 1 aliphatic rings. The van der Waals surface area contributed by atoms with Gasteiger partial charge in [-0.1, -0.05) is 24.8 Å². The van der Waals surface area contributed by atoms with Gasteiger partial charge in [0, 0.05) is 12.6 Å². The number of hydrogen-bond donors (Lipinski definition) is 2. The molecule has 0 radical (unpaired) electrons. The van der Waals surface area contributed by atoms with Crippen LogP contribution in [-0.4, -0.2) is 31.6 Å². The third kappa shape index (κ3) is 4.26. The first kappa shape index (κ1) is 15.5. The summed E-state index contributed by atoms with van der Waals surface area (Å²) in [5.41, 5.74) is 0.575. The molecule has 0 aromatic heterocycles. The summed E-state index contributed by atoms with van der Waals surface area (Å²) in [5.74, 6) is 0.518. The molecule has 0 aliphatic carbocycles. The number of hydrogen-bond acceptors (Lipinski definition) is 3. The average Bonchev–Trinajstić information content (AvgIpc) is 2.89. The van der Waals surface area contributed by atoms with E-state index in [1.165, 1.54) is 0 Å². The summed E-state index contributed by atoms with van der Waals surface area (Å²) in [6.07, 6.45) is 2.64. The molecule has 0 bridgehead atoms. The lowest BCUT2D eigenvalue weighted by atomic mass is 10.1. The van der Waals surface area contributed by atoms with E-state index >= 15 is 0 Å². The van der Waals surface area contributed by atoms with Crippen molar-refractivity contribution in [2.45, 2.75) is 12.5 Å². The van der Waals surface area contributed by atoms with E-state index in [-0.39, 0.29) is 24.4 Å². The van der Waals surface area contributed by atoms with E-state index in [4.69, 9.17) is 4.74 Å².